The zero-order valence-corrected chi connectivity index (χ0v) is 26.5. The summed E-state index contributed by atoms with van der Waals surface area (Å²) in [6, 6.07) is 12.1. The zero-order chi connectivity index (χ0) is 31.8. The maximum absolute atomic E-state index is 16.2. The Morgan fingerprint density at radius 3 is 2.70 bits per heavy atom. The smallest absolute Gasteiger partial charge is 0.332 e. The lowest BCUT2D eigenvalue weighted by Gasteiger charge is -2.25. The number of nitrogens with one attached hydrogen (secondary N) is 2. The van der Waals surface area contributed by atoms with Gasteiger partial charge in [-0.15, -0.1) is 0 Å². The number of hydrogen-bond donors (Lipinski definition) is 4. The molecular formula is C28H35FN7O6PS. The number of aliphatic hydroxyl groups excluding tert-OH is 1. The molecule has 1 aliphatic heterocycles. The average Bonchev–Trinajstić information content (AvgIpc) is 3.48. The molecule has 44 heavy (non-hydrogen) atoms. The first-order chi connectivity index (χ1) is 20.8. The topological polar surface area (TPSA) is 176 Å². The van der Waals surface area contributed by atoms with Gasteiger partial charge in [-0.1, -0.05) is 36.4 Å². The number of nitrogen functional groups attached to an aromatic ring is 1. The minimum atomic E-state index is -3.97. The van der Waals surface area contributed by atoms with Crippen LogP contribution < -0.4 is 16.1 Å². The second-order valence-corrected chi connectivity index (χ2v) is 14.9. The number of rotatable bonds is 11. The molecule has 0 bridgehead atoms. The Bertz CT molecular complexity index is 1720. The molecule has 4 aromatic rings. The van der Waals surface area contributed by atoms with Crippen LogP contribution in [0.3, 0.4) is 0 Å². The molecule has 0 aliphatic carbocycles. The highest BCUT2D eigenvalue weighted by molar-refractivity contribution is 8.56. The van der Waals surface area contributed by atoms with Crippen molar-refractivity contribution >= 4 is 57.8 Å². The number of aliphatic hydroxyl groups is 1. The van der Waals surface area contributed by atoms with Crippen LogP contribution in [0.25, 0.3) is 21.9 Å². The van der Waals surface area contributed by atoms with Gasteiger partial charge in [-0.05, 0) is 55.9 Å². The highest BCUT2D eigenvalue weighted by atomic mass is 32.7. The van der Waals surface area contributed by atoms with Crippen molar-refractivity contribution in [2.24, 2.45) is 0 Å². The summed E-state index contributed by atoms with van der Waals surface area (Å²) in [5.41, 5.74) is 4.04. The highest BCUT2D eigenvalue weighted by Gasteiger charge is 2.56. The Labute approximate surface area is 257 Å². The first kappa shape index (κ1) is 32.1. The van der Waals surface area contributed by atoms with Crippen molar-refractivity contribution in [1.82, 2.24) is 24.6 Å². The number of benzene rings is 2. The van der Waals surface area contributed by atoms with Crippen LogP contribution >= 0.6 is 18.1 Å². The third-order valence-corrected chi connectivity index (χ3v) is 11.0. The van der Waals surface area contributed by atoms with Crippen LogP contribution in [0, 0.1) is 0 Å². The summed E-state index contributed by atoms with van der Waals surface area (Å²) >= 11 is 0.906. The maximum atomic E-state index is 16.2. The molecule has 2 aromatic heterocycles. The molecule has 6 atom stereocenters. The fourth-order valence-corrected chi connectivity index (χ4v) is 8.93. The first-order valence-electron chi connectivity index (χ1n) is 13.9. The second-order valence-electron chi connectivity index (χ2n) is 10.8. The lowest BCUT2D eigenvalue weighted by Crippen LogP contribution is -2.41. The molecule has 1 unspecified atom stereocenters. The molecule has 236 valence electrons. The van der Waals surface area contributed by atoms with Crippen LogP contribution in [0.1, 0.15) is 33.9 Å². The lowest BCUT2D eigenvalue weighted by molar-refractivity contribution is -0.149. The van der Waals surface area contributed by atoms with Crippen LogP contribution in [-0.2, 0) is 23.4 Å². The minimum absolute atomic E-state index is 0.0647. The van der Waals surface area contributed by atoms with Gasteiger partial charge in [0.25, 0.3) is 0 Å². The quantitative estimate of drug-likeness (QED) is 0.133. The second kappa shape index (κ2) is 12.6. The number of esters is 1. The van der Waals surface area contributed by atoms with E-state index in [1.807, 2.05) is 36.4 Å². The summed E-state index contributed by atoms with van der Waals surface area (Å²) in [4.78, 5) is 25.8. The number of imidazole rings is 1. The third-order valence-electron chi connectivity index (χ3n) is 7.08. The van der Waals surface area contributed by atoms with Gasteiger partial charge in [0.05, 0.1) is 19.0 Å². The van der Waals surface area contributed by atoms with E-state index in [-0.39, 0.29) is 17.7 Å². The fourth-order valence-electron chi connectivity index (χ4n) is 4.92. The molecule has 0 spiro atoms. The number of fused-ring (bicyclic) bond motifs is 2. The summed E-state index contributed by atoms with van der Waals surface area (Å²) in [5.74, 6) is -0.344. The van der Waals surface area contributed by atoms with E-state index < -0.39 is 49.4 Å². The van der Waals surface area contributed by atoms with Gasteiger partial charge in [-0.25, -0.2) is 14.5 Å². The minimum Gasteiger partial charge on any atom is -0.462 e. The van der Waals surface area contributed by atoms with E-state index in [1.165, 1.54) is 24.7 Å². The number of carbonyl (C=O) groups excluding carboxylic acids is 1. The molecule has 0 amide bonds. The number of anilines is 2. The van der Waals surface area contributed by atoms with E-state index in [2.05, 4.69) is 25.4 Å². The number of nitrogens with zero attached hydrogens (tertiary/aromatic N) is 4. The maximum Gasteiger partial charge on any atom is 0.332 e. The molecule has 13 nitrogen and oxygen atoms in total. The summed E-state index contributed by atoms with van der Waals surface area (Å²) in [7, 11) is 1.63. The van der Waals surface area contributed by atoms with Gasteiger partial charge in [0, 0.05) is 11.9 Å². The van der Waals surface area contributed by atoms with Crippen LogP contribution in [0.2, 0.25) is 0 Å². The van der Waals surface area contributed by atoms with E-state index in [0.717, 1.165) is 22.2 Å². The number of hydrogen-bond acceptors (Lipinski definition) is 12. The lowest BCUT2D eigenvalue weighted by atomic mass is 9.98. The summed E-state index contributed by atoms with van der Waals surface area (Å²) in [6.45, 7) is 1.67. The number of alkyl halides is 1. The largest absolute Gasteiger partial charge is 0.462 e. The molecule has 5 rings (SSSR count). The van der Waals surface area contributed by atoms with Crippen LogP contribution in [0.4, 0.5) is 16.2 Å². The van der Waals surface area contributed by atoms with Crippen molar-refractivity contribution in [2.45, 2.75) is 68.8 Å². The van der Waals surface area contributed by atoms with Crippen LogP contribution in [0.15, 0.2) is 53.7 Å². The molecule has 1 fully saturated rings. The van der Waals surface area contributed by atoms with Crippen LogP contribution in [-0.4, -0.2) is 74.3 Å². The van der Waals surface area contributed by atoms with Gasteiger partial charge in [-0.3, -0.25) is 13.9 Å². The Morgan fingerprint density at radius 2 is 1.98 bits per heavy atom. The first-order valence-corrected chi connectivity index (χ1v) is 17.0. The number of halogens is 1. The monoisotopic (exact) mass is 647 g/mol. The molecule has 0 radical (unpaired) electrons. The van der Waals surface area contributed by atoms with Gasteiger partial charge in [0.1, 0.15) is 18.2 Å². The molecular weight excluding hydrogens is 612 g/mol. The van der Waals surface area contributed by atoms with Crippen molar-refractivity contribution in [3.8, 4) is 0 Å². The standard InChI is InChI=1S/C28H35FN7O6PS/c1-15(2)41-25(38)16(3)35-43(39,44-20-12-8-10-17-9-6-7-11-18(17)20)40-13-19-22(37)28(4,29)26(42-19)36-14-32-21-23(31-5)33-27(30)34-24(21)36/h6-12,14-16,19,22,26,37H,13H2,1-5H3,(H,35,39)(H3,30,31,33,34)/t16-,19+,22+,26+,28+,43?/m0/s1. The van der Waals surface area contributed by atoms with Crippen molar-refractivity contribution in [3.63, 3.8) is 0 Å². The molecule has 3 heterocycles. The Kier molecular flexibility index (Phi) is 9.17. The molecule has 2 aromatic carbocycles. The van der Waals surface area contributed by atoms with Crippen LogP contribution in [0.5, 0.6) is 0 Å². The third kappa shape index (κ3) is 6.39. The number of nitrogens with two attached hydrogens (primary N) is 1. The summed E-state index contributed by atoms with van der Waals surface area (Å²) in [6.07, 6.45) is -3.39. The average molecular weight is 648 g/mol. The molecule has 5 N–H and O–H groups in total. The van der Waals surface area contributed by atoms with E-state index in [4.69, 9.17) is 19.7 Å². The van der Waals surface area contributed by atoms with Crippen molar-refractivity contribution < 1.29 is 32.9 Å². The van der Waals surface area contributed by atoms with Gasteiger partial charge >= 0.3 is 12.7 Å². The Morgan fingerprint density at radius 1 is 1.25 bits per heavy atom. The molecule has 1 aliphatic rings. The van der Waals surface area contributed by atoms with Gasteiger partial charge in [0.15, 0.2) is 28.9 Å². The normalized spacial score (nSPS) is 24.0. The number of aromatic nitrogens is 4. The van der Waals surface area contributed by atoms with E-state index >= 15 is 4.39 Å². The Balaban J connectivity index is 1.42. The van der Waals surface area contributed by atoms with E-state index in [9.17, 15) is 14.5 Å². The predicted octanol–water partition coefficient (Wildman–Crippen LogP) is 4.44. The number of carbonyl (C=O) groups is 1. The van der Waals surface area contributed by atoms with E-state index in [1.54, 1.807) is 27.0 Å². The SMILES string of the molecule is CNc1nc(N)nc2c1ncn2[C@@H]1O[C@H](COP(=O)(N[C@@H](C)C(=O)OC(C)C)Sc2cccc3ccccc23)[C@@H](O)[C@@]1(C)F. The van der Waals surface area contributed by atoms with E-state index in [0.29, 0.717) is 16.2 Å². The summed E-state index contributed by atoms with van der Waals surface area (Å²) in [5, 5.41) is 18.4. The van der Waals surface area contributed by atoms with Gasteiger partial charge in [-0.2, -0.15) is 9.97 Å². The van der Waals surface area contributed by atoms with Crippen molar-refractivity contribution in [2.75, 3.05) is 24.7 Å². The summed E-state index contributed by atoms with van der Waals surface area (Å²) < 4.78 is 49.0. The Hall–Kier alpha value is -3.33. The number of ether oxygens (including phenoxy) is 2. The molecule has 16 heteroatoms. The van der Waals surface area contributed by atoms with Gasteiger partial charge in [0.2, 0.25) is 5.95 Å². The molecule has 0 saturated carbocycles. The highest BCUT2D eigenvalue weighted by Crippen LogP contribution is 2.61. The van der Waals surface area contributed by atoms with Crippen molar-refractivity contribution in [1.29, 1.82) is 0 Å². The van der Waals surface area contributed by atoms with Gasteiger partial charge < -0.3 is 30.2 Å². The predicted molar refractivity (Wildman–Crippen MR) is 166 cm³/mol. The zero-order valence-electron chi connectivity index (χ0n) is 24.8. The van der Waals surface area contributed by atoms with Crippen molar-refractivity contribution in [3.05, 3.63) is 48.8 Å². The fraction of sp³-hybridized carbons (Fsp3) is 0.429. The molecule has 1 saturated heterocycles.